The zero-order chi connectivity index (χ0) is 11.1. The number of hydrogen-bond acceptors (Lipinski definition) is 3. The monoisotopic (exact) mass is 271 g/mol. The van der Waals surface area contributed by atoms with Crippen molar-refractivity contribution in [2.24, 2.45) is 0 Å². The summed E-state index contributed by atoms with van der Waals surface area (Å²) >= 11 is 0. The molecule has 17 heavy (non-hydrogen) atoms. The zero-order valence-electron chi connectivity index (χ0n) is 8.92. The zero-order valence-corrected chi connectivity index (χ0v) is 9.86. The van der Waals surface area contributed by atoms with E-state index >= 15 is 0 Å². The molecule has 0 atom stereocenters. The molecule has 4 heteroatoms. The van der Waals surface area contributed by atoms with Gasteiger partial charge in [-0.3, -0.25) is 9.97 Å². The smallest absolute Gasteiger partial charge is 0.394 e. The first-order valence-corrected chi connectivity index (χ1v) is 4.89. The Labute approximate surface area is 110 Å². The van der Waals surface area contributed by atoms with Gasteiger partial charge in [-0.2, -0.15) is 18.2 Å². The summed E-state index contributed by atoms with van der Waals surface area (Å²) in [5.74, 6) is 0. The molecule has 3 rings (SSSR count). The molecule has 0 unspecified atom stereocenters. The molecule has 2 heterocycles. The molecule has 0 aliphatic heterocycles. The SMILES string of the molecule is [Cu+].[c-]1ccccn1.c1ccc2nccnc2c1. The second-order valence-electron chi connectivity index (χ2n) is 3.00. The number of pyridine rings is 1. The molecule has 0 N–H and O–H groups in total. The van der Waals surface area contributed by atoms with Crippen molar-refractivity contribution in [1.29, 1.82) is 0 Å². The number of benzene rings is 1. The van der Waals surface area contributed by atoms with Crippen LogP contribution in [0.4, 0.5) is 0 Å². The second kappa shape index (κ2) is 7.49. The molecule has 0 amide bonds. The molecule has 0 saturated heterocycles. The van der Waals surface area contributed by atoms with Crippen LogP contribution in [-0.4, -0.2) is 15.0 Å². The van der Waals surface area contributed by atoms with Crippen LogP contribution in [0.3, 0.4) is 0 Å². The minimum Gasteiger partial charge on any atom is -0.394 e. The summed E-state index contributed by atoms with van der Waals surface area (Å²) in [7, 11) is 0. The molecule has 3 nitrogen and oxygen atoms in total. The van der Waals surface area contributed by atoms with Gasteiger partial charge < -0.3 is 4.98 Å². The normalized spacial score (nSPS) is 8.71. The van der Waals surface area contributed by atoms with Gasteiger partial charge in [-0.1, -0.05) is 24.5 Å². The minimum atomic E-state index is 0. The van der Waals surface area contributed by atoms with Gasteiger partial charge in [0.05, 0.1) is 11.0 Å². The van der Waals surface area contributed by atoms with Gasteiger partial charge in [0.15, 0.2) is 0 Å². The van der Waals surface area contributed by atoms with E-state index in [2.05, 4.69) is 21.1 Å². The van der Waals surface area contributed by atoms with Crippen molar-refractivity contribution in [3.05, 3.63) is 67.3 Å². The maximum atomic E-state index is 4.12. The van der Waals surface area contributed by atoms with Gasteiger partial charge in [0.25, 0.3) is 0 Å². The molecule has 3 aromatic rings. The molecule has 0 saturated carbocycles. The first-order valence-electron chi connectivity index (χ1n) is 4.89. The van der Waals surface area contributed by atoms with E-state index in [4.69, 9.17) is 0 Å². The summed E-state index contributed by atoms with van der Waals surface area (Å²) in [5.41, 5.74) is 1.90. The molecule has 0 spiro atoms. The maximum absolute atomic E-state index is 4.12. The second-order valence-corrected chi connectivity index (χ2v) is 3.00. The third-order valence-corrected chi connectivity index (χ3v) is 1.89. The van der Waals surface area contributed by atoms with E-state index in [0.717, 1.165) is 11.0 Å². The Balaban J connectivity index is 0.000000180. The first-order chi connectivity index (χ1) is 7.97. The van der Waals surface area contributed by atoms with Crippen molar-refractivity contribution in [2.75, 3.05) is 0 Å². The maximum Gasteiger partial charge on any atom is 1.00 e. The van der Waals surface area contributed by atoms with Gasteiger partial charge in [0.2, 0.25) is 0 Å². The van der Waals surface area contributed by atoms with E-state index in [9.17, 15) is 0 Å². The van der Waals surface area contributed by atoms with E-state index in [1.54, 1.807) is 24.7 Å². The molecule has 2 aromatic heterocycles. The van der Waals surface area contributed by atoms with Crippen LogP contribution >= 0.6 is 0 Å². The molecule has 0 bridgehead atoms. The van der Waals surface area contributed by atoms with E-state index in [1.165, 1.54) is 0 Å². The number of rotatable bonds is 0. The number of nitrogens with zero attached hydrogens (tertiary/aromatic N) is 3. The van der Waals surface area contributed by atoms with Crippen LogP contribution in [0.25, 0.3) is 11.0 Å². The van der Waals surface area contributed by atoms with Gasteiger partial charge in [0, 0.05) is 12.4 Å². The summed E-state index contributed by atoms with van der Waals surface area (Å²) in [6, 6.07) is 13.3. The van der Waals surface area contributed by atoms with Gasteiger partial charge >= 0.3 is 17.1 Å². The largest absolute Gasteiger partial charge is 1.00 e. The average molecular weight is 272 g/mol. The Morgan fingerprint density at radius 1 is 0.765 bits per heavy atom. The Hall–Kier alpha value is -1.77. The van der Waals surface area contributed by atoms with Crippen molar-refractivity contribution in [3.8, 4) is 0 Å². The fraction of sp³-hybridized carbons (Fsp3) is 0. The number of fused-ring (bicyclic) bond motifs is 1. The summed E-state index contributed by atoms with van der Waals surface area (Å²) < 4.78 is 0. The first kappa shape index (κ1) is 13.3. The van der Waals surface area contributed by atoms with Gasteiger partial charge in [-0.15, -0.1) is 0 Å². The van der Waals surface area contributed by atoms with Crippen molar-refractivity contribution in [1.82, 2.24) is 15.0 Å². The Bertz CT molecular complexity index is 451. The summed E-state index contributed by atoms with van der Waals surface area (Å²) in [5, 5.41) is 0. The molecule has 88 valence electrons. The van der Waals surface area contributed by atoms with Gasteiger partial charge in [-0.25, -0.2) is 0 Å². The van der Waals surface area contributed by atoms with Crippen LogP contribution in [0.2, 0.25) is 0 Å². The molecule has 0 fully saturated rings. The van der Waals surface area contributed by atoms with E-state index in [1.807, 2.05) is 36.4 Å². The standard InChI is InChI=1S/C8H6N2.C5H4N.Cu/c1-2-4-8-7(3-1)9-5-6-10-8;1-2-4-6-5-3-1;/h1-6H;1-4H;/q;-1;+1. The van der Waals surface area contributed by atoms with Crippen molar-refractivity contribution >= 4 is 11.0 Å². The molecule has 1 aromatic carbocycles. The molecular formula is C13H10CuN3. The summed E-state index contributed by atoms with van der Waals surface area (Å²) in [6.07, 6.45) is 7.73. The third kappa shape index (κ3) is 4.31. The van der Waals surface area contributed by atoms with Crippen LogP contribution in [0.1, 0.15) is 0 Å². The molecule has 0 aliphatic carbocycles. The van der Waals surface area contributed by atoms with Crippen molar-refractivity contribution in [3.63, 3.8) is 0 Å². The molecular weight excluding hydrogens is 262 g/mol. The van der Waals surface area contributed by atoms with Crippen LogP contribution in [0, 0.1) is 6.20 Å². The minimum absolute atomic E-state index is 0. The number of aromatic nitrogens is 3. The van der Waals surface area contributed by atoms with Gasteiger partial charge in [0.1, 0.15) is 0 Å². The Morgan fingerprint density at radius 2 is 1.41 bits per heavy atom. The quantitative estimate of drug-likeness (QED) is 0.466. The van der Waals surface area contributed by atoms with E-state index < -0.39 is 0 Å². The van der Waals surface area contributed by atoms with Crippen molar-refractivity contribution in [2.45, 2.75) is 0 Å². The Kier molecular flexibility index (Phi) is 5.86. The van der Waals surface area contributed by atoms with Crippen LogP contribution in [0.15, 0.2) is 61.1 Å². The van der Waals surface area contributed by atoms with Crippen LogP contribution in [-0.2, 0) is 17.1 Å². The van der Waals surface area contributed by atoms with Crippen LogP contribution < -0.4 is 0 Å². The average Bonchev–Trinajstić information content (AvgIpc) is 2.42. The predicted octanol–water partition coefficient (Wildman–Crippen LogP) is 2.51. The van der Waals surface area contributed by atoms with E-state index in [-0.39, 0.29) is 17.1 Å². The Morgan fingerprint density at radius 3 is 1.76 bits per heavy atom. The number of para-hydroxylation sites is 2. The van der Waals surface area contributed by atoms with Crippen molar-refractivity contribution < 1.29 is 17.1 Å². The summed E-state index contributed by atoms with van der Waals surface area (Å²) in [4.78, 5) is 11.9. The molecule has 0 radical (unpaired) electrons. The predicted molar refractivity (Wildman–Crippen MR) is 62.6 cm³/mol. The van der Waals surface area contributed by atoms with Crippen LogP contribution in [0.5, 0.6) is 0 Å². The topological polar surface area (TPSA) is 38.7 Å². The fourth-order valence-corrected chi connectivity index (χ4v) is 1.19. The summed E-state index contributed by atoms with van der Waals surface area (Å²) in [6.45, 7) is 0. The van der Waals surface area contributed by atoms with E-state index in [0.29, 0.717) is 0 Å². The van der Waals surface area contributed by atoms with Gasteiger partial charge in [-0.05, 0) is 12.1 Å². The fourth-order valence-electron chi connectivity index (χ4n) is 1.19. The third-order valence-electron chi connectivity index (χ3n) is 1.89. The number of hydrogen-bond donors (Lipinski definition) is 0. The molecule has 0 aliphatic rings.